The lowest BCUT2D eigenvalue weighted by molar-refractivity contribution is -0.118. The highest BCUT2D eigenvalue weighted by Crippen LogP contribution is 2.41. The topological polar surface area (TPSA) is 76.0 Å². The molecule has 0 spiro atoms. The van der Waals surface area contributed by atoms with E-state index in [2.05, 4.69) is 11.9 Å². The molecule has 1 aromatic carbocycles. The minimum absolute atomic E-state index is 0.0870. The molecule has 2 aliphatic heterocycles. The first-order valence-corrected chi connectivity index (χ1v) is 14.2. The normalized spacial score (nSPS) is 26.5. The van der Waals surface area contributed by atoms with Crippen molar-refractivity contribution in [1.82, 2.24) is 0 Å². The van der Waals surface area contributed by atoms with Crippen LogP contribution in [-0.2, 0) is 14.6 Å². The zero-order valence-corrected chi connectivity index (χ0v) is 19.8. The predicted octanol–water partition coefficient (Wildman–Crippen LogP) is 4.44. The molecular formula is C23H32N2O4S2. The van der Waals surface area contributed by atoms with E-state index in [1.165, 1.54) is 37.4 Å². The predicted molar refractivity (Wildman–Crippen MR) is 127 cm³/mol. The van der Waals surface area contributed by atoms with Crippen LogP contribution in [0.15, 0.2) is 29.3 Å². The van der Waals surface area contributed by atoms with Crippen molar-refractivity contribution in [3.63, 3.8) is 0 Å². The highest BCUT2D eigenvalue weighted by Gasteiger charge is 2.49. The van der Waals surface area contributed by atoms with Gasteiger partial charge < -0.3 is 9.64 Å². The maximum atomic E-state index is 12.7. The van der Waals surface area contributed by atoms with Crippen LogP contribution in [0.1, 0.15) is 58.3 Å². The summed E-state index contributed by atoms with van der Waals surface area (Å²) in [7, 11) is -3.08. The molecule has 2 saturated heterocycles. The Morgan fingerprint density at radius 1 is 1.26 bits per heavy atom. The van der Waals surface area contributed by atoms with E-state index in [1.807, 2.05) is 29.2 Å². The second-order valence-electron chi connectivity index (χ2n) is 8.85. The Hall–Kier alpha value is -1.54. The number of hydrogen-bond donors (Lipinski definition) is 0. The number of rotatable bonds is 8. The highest BCUT2D eigenvalue weighted by molar-refractivity contribution is 8.16. The van der Waals surface area contributed by atoms with E-state index in [4.69, 9.17) is 4.74 Å². The van der Waals surface area contributed by atoms with Crippen LogP contribution in [0.3, 0.4) is 0 Å². The molecule has 0 N–H and O–H groups in total. The number of sulfone groups is 1. The maximum absolute atomic E-state index is 12.7. The maximum Gasteiger partial charge on any atom is 0.248 e. The standard InChI is InChI=1S/C23H32N2O4S2/c1-2-3-13-29-19-10-6-9-18(14-19)25-20-15-31(27,28)16-21(20)30-23(25)24-22(26)12-11-17-7-4-5-8-17/h6,9-10,14,17,20-21H,2-5,7-8,11-13,15-16H2,1H3/t20-,21+/m1/s1. The molecule has 0 radical (unpaired) electrons. The van der Waals surface area contributed by atoms with E-state index in [0.717, 1.165) is 30.7 Å². The number of anilines is 1. The minimum Gasteiger partial charge on any atom is -0.494 e. The number of hydrogen-bond acceptors (Lipinski definition) is 5. The van der Waals surface area contributed by atoms with Gasteiger partial charge >= 0.3 is 0 Å². The largest absolute Gasteiger partial charge is 0.494 e. The van der Waals surface area contributed by atoms with Crippen LogP contribution in [0.25, 0.3) is 0 Å². The van der Waals surface area contributed by atoms with Gasteiger partial charge in [-0.05, 0) is 30.9 Å². The van der Waals surface area contributed by atoms with Gasteiger partial charge in [0.15, 0.2) is 15.0 Å². The summed E-state index contributed by atoms with van der Waals surface area (Å²) in [5.74, 6) is 1.55. The van der Waals surface area contributed by atoms with Crippen LogP contribution < -0.4 is 9.64 Å². The van der Waals surface area contributed by atoms with Crippen LogP contribution in [-0.4, -0.2) is 48.9 Å². The first-order chi connectivity index (χ1) is 14.9. The number of nitrogens with zero attached hydrogens (tertiary/aromatic N) is 2. The number of thioether (sulfide) groups is 1. The molecule has 0 unspecified atom stereocenters. The monoisotopic (exact) mass is 464 g/mol. The first kappa shape index (κ1) is 22.6. The second-order valence-corrected chi connectivity index (χ2v) is 12.2. The van der Waals surface area contributed by atoms with E-state index in [0.29, 0.717) is 24.1 Å². The summed E-state index contributed by atoms with van der Waals surface area (Å²) >= 11 is 1.44. The van der Waals surface area contributed by atoms with Gasteiger partial charge in [-0.1, -0.05) is 56.9 Å². The van der Waals surface area contributed by atoms with Gasteiger partial charge in [0.2, 0.25) is 5.91 Å². The summed E-state index contributed by atoms with van der Waals surface area (Å²) in [5, 5.41) is 0.545. The average molecular weight is 465 g/mol. The SMILES string of the molecule is CCCCOc1cccc(N2C(=NC(=O)CCC3CCCC3)S[C@H]3CS(=O)(=O)C[C@H]32)c1. The molecule has 170 valence electrons. The fourth-order valence-electron chi connectivity index (χ4n) is 4.71. The smallest absolute Gasteiger partial charge is 0.248 e. The molecule has 2 atom stereocenters. The zero-order chi connectivity index (χ0) is 21.8. The molecule has 1 saturated carbocycles. The fraction of sp³-hybridized carbons (Fsp3) is 0.652. The van der Waals surface area contributed by atoms with Crippen molar-refractivity contribution < 1.29 is 17.9 Å². The van der Waals surface area contributed by atoms with Gasteiger partial charge in [-0.2, -0.15) is 4.99 Å². The molecule has 1 aliphatic carbocycles. The number of carbonyl (C=O) groups is 1. The van der Waals surface area contributed by atoms with Gasteiger partial charge in [-0.25, -0.2) is 8.42 Å². The third-order valence-corrected chi connectivity index (χ3v) is 9.60. The molecule has 31 heavy (non-hydrogen) atoms. The van der Waals surface area contributed by atoms with Crippen LogP contribution in [0.5, 0.6) is 5.75 Å². The molecule has 6 nitrogen and oxygen atoms in total. The van der Waals surface area contributed by atoms with Gasteiger partial charge in [-0.15, -0.1) is 0 Å². The van der Waals surface area contributed by atoms with Crippen molar-refractivity contribution in [2.75, 3.05) is 23.0 Å². The summed E-state index contributed by atoms with van der Waals surface area (Å²) < 4.78 is 30.4. The lowest BCUT2D eigenvalue weighted by Gasteiger charge is -2.25. The minimum atomic E-state index is -3.08. The van der Waals surface area contributed by atoms with E-state index < -0.39 is 9.84 Å². The van der Waals surface area contributed by atoms with Gasteiger partial charge in [0, 0.05) is 23.4 Å². The van der Waals surface area contributed by atoms with Crippen molar-refractivity contribution in [3.8, 4) is 5.75 Å². The third kappa shape index (κ3) is 5.64. The number of unbranched alkanes of at least 4 members (excludes halogenated alkanes) is 1. The molecule has 3 fully saturated rings. The summed E-state index contributed by atoms with van der Waals surface area (Å²) in [6, 6.07) is 7.51. The Morgan fingerprint density at radius 3 is 2.84 bits per heavy atom. The summed E-state index contributed by atoms with van der Waals surface area (Å²) in [6.45, 7) is 2.77. The van der Waals surface area contributed by atoms with E-state index >= 15 is 0 Å². The Balaban J connectivity index is 1.53. The number of ether oxygens (including phenoxy) is 1. The zero-order valence-electron chi connectivity index (χ0n) is 18.2. The van der Waals surface area contributed by atoms with E-state index in [9.17, 15) is 13.2 Å². The van der Waals surface area contributed by atoms with Gasteiger partial charge in [-0.3, -0.25) is 4.79 Å². The Bertz CT molecular complexity index is 925. The molecule has 2 heterocycles. The van der Waals surface area contributed by atoms with Crippen molar-refractivity contribution in [2.24, 2.45) is 10.9 Å². The quantitative estimate of drug-likeness (QED) is 0.530. The fourth-order valence-corrected chi connectivity index (χ4v) is 8.64. The summed E-state index contributed by atoms with van der Waals surface area (Å²) in [4.78, 5) is 19.1. The number of aliphatic imine (C=N–C) groups is 1. The molecule has 8 heteroatoms. The van der Waals surface area contributed by atoms with Crippen LogP contribution >= 0.6 is 11.8 Å². The van der Waals surface area contributed by atoms with E-state index in [-0.39, 0.29) is 28.7 Å². The lowest BCUT2D eigenvalue weighted by atomic mass is 10.0. The number of amidine groups is 1. The molecule has 1 aromatic rings. The second kappa shape index (κ2) is 9.94. The number of fused-ring (bicyclic) bond motifs is 1. The van der Waals surface area contributed by atoms with Crippen molar-refractivity contribution in [1.29, 1.82) is 0 Å². The molecule has 0 bridgehead atoms. The van der Waals surface area contributed by atoms with Crippen molar-refractivity contribution in [3.05, 3.63) is 24.3 Å². The lowest BCUT2D eigenvalue weighted by Crippen LogP contribution is -2.37. The van der Waals surface area contributed by atoms with Crippen LogP contribution in [0.4, 0.5) is 5.69 Å². The third-order valence-electron chi connectivity index (χ3n) is 6.39. The highest BCUT2D eigenvalue weighted by atomic mass is 32.2. The van der Waals surface area contributed by atoms with Gasteiger partial charge in [0.05, 0.1) is 24.2 Å². The van der Waals surface area contributed by atoms with E-state index in [1.54, 1.807) is 0 Å². The molecule has 1 amide bonds. The van der Waals surface area contributed by atoms with Gasteiger partial charge in [0.25, 0.3) is 0 Å². The average Bonchev–Trinajstić information content (AvgIpc) is 3.41. The van der Waals surface area contributed by atoms with Crippen molar-refractivity contribution in [2.45, 2.75) is 69.6 Å². The van der Waals surface area contributed by atoms with Gasteiger partial charge in [0.1, 0.15) is 5.75 Å². The Morgan fingerprint density at radius 2 is 2.06 bits per heavy atom. The number of benzene rings is 1. The number of carbonyl (C=O) groups excluding carboxylic acids is 1. The van der Waals surface area contributed by atoms with Crippen LogP contribution in [0.2, 0.25) is 0 Å². The molecule has 0 aromatic heterocycles. The Labute approximate surface area is 189 Å². The summed E-state index contributed by atoms with van der Waals surface area (Å²) in [5.41, 5.74) is 0.841. The van der Waals surface area contributed by atoms with Crippen molar-refractivity contribution >= 4 is 38.4 Å². The first-order valence-electron chi connectivity index (χ1n) is 11.5. The molecular weight excluding hydrogens is 432 g/mol. The summed E-state index contributed by atoms with van der Waals surface area (Å²) in [6.07, 6.45) is 8.39. The van der Waals surface area contributed by atoms with Crippen LogP contribution in [0, 0.1) is 5.92 Å². The number of amides is 1. The molecule has 4 rings (SSSR count). The Kier molecular flexibility index (Phi) is 7.26. The molecule has 3 aliphatic rings.